The summed E-state index contributed by atoms with van der Waals surface area (Å²) in [4.78, 5) is 0. The van der Waals surface area contributed by atoms with Gasteiger partial charge in [0.2, 0.25) is 0 Å². The molecule has 0 fully saturated rings. The second kappa shape index (κ2) is 5.56. The van der Waals surface area contributed by atoms with Crippen LogP contribution in [0.5, 0.6) is 0 Å². The third-order valence-electron chi connectivity index (χ3n) is 2.51. The predicted molar refractivity (Wildman–Crippen MR) is 68.9 cm³/mol. The van der Waals surface area contributed by atoms with E-state index in [0.717, 1.165) is 11.3 Å². The van der Waals surface area contributed by atoms with Gasteiger partial charge in [0.25, 0.3) is 0 Å². The minimum Gasteiger partial charge on any atom is -0.468 e. The van der Waals surface area contributed by atoms with Crippen LogP contribution in [0.2, 0.25) is 10.0 Å². The standard InChI is InChI=1S/C12H12Cl2N2O/c13-9-4-3-8(6-10(9)14)7-11(16-15)12-2-1-5-17-12/h1-6,11,16H,7,15H2. The molecule has 17 heavy (non-hydrogen) atoms. The van der Waals surface area contributed by atoms with Crippen molar-refractivity contribution in [2.24, 2.45) is 5.84 Å². The van der Waals surface area contributed by atoms with Gasteiger partial charge in [-0.1, -0.05) is 29.3 Å². The number of hydrogen-bond donors (Lipinski definition) is 2. The monoisotopic (exact) mass is 270 g/mol. The lowest BCUT2D eigenvalue weighted by Crippen LogP contribution is -2.29. The molecule has 0 saturated heterocycles. The zero-order valence-electron chi connectivity index (χ0n) is 8.99. The van der Waals surface area contributed by atoms with Crippen LogP contribution >= 0.6 is 23.2 Å². The van der Waals surface area contributed by atoms with Gasteiger partial charge in [0.05, 0.1) is 22.4 Å². The van der Waals surface area contributed by atoms with Gasteiger partial charge in [-0.25, -0.2) is 5.43 Å². The first-order chi connectivity index (χ1) is 8.20. The van der Waals surface area contributed by atoms with Gasteiger partial charge in [-0.15, -0.1) is 0 Å². The van der Waals surface area contributed by atoms with Crippen LogP contribution in [-0.4, -0.2) is 0 Å². The van der Waals surface area contributed by atoms with Crippen molar-refractivity contribution in [2.75, 3.05) is 0 Å². The molecule has 1 unspecified atom stereocenters. The summed E-state index contributed by atoms with van der Waals surface area (Å²) in [5.74, 6) is 6.30. The van der Waals surface area contributed by atoms with E-state index in [0.29, 0.717) is 16.5 Å². The van der Waals surface area contributed by atoms with Crippen LogP contribution in [0.4, 0.5) is 0 Å². The molecule has 1 heterocycles. The van der Waals surface area contributed by atoms with E-state index in [1.54, 1.807) is 12.3 Å². The lowest BCUT2D eigenvalue weighted by Gasteiger charge is -2.13. The molecule has 2 rings (SSSR count). The first-order valence-electron chi connectivity index (χ1n) is 5.14. The average Bonchev–Trinajstić information content (AvgIpc) is 2.84. The van der Waals surface area contributed by atoms with Crippen molar-refractivity contribution in [1.29, 1.82) is 0 Å². The van der Waals surface area contributed by atoms with Gasteiger partial charge in [-0.2, -0.15) is 0 Å². The summed E-state index contributed by atoms with van der Waals surface area (Å²) in [6.07, 6.45) is 2.30. The molecule has 90 valence electrons. The Balaban J connectivity index is 2.16. The van der Waals surface area contributed by atoms with Crippen LogP contribution in [0.3, 0.4) is 0 Å². The molecule has 2 aromatic rings. The number of hydrogen-bond acceptors (Lipinski definition) is 3. The van der Waals surface area contributed by atoms with Crippen molar-refractivity contribution in [3.05, 3.63) is 58.0 Å². The summed E-state index contributed by atoms with van der Waals surface area (Å²) in [6, 6.07) is 9.15. The lowest BCUT2D eigenvalue weighted by molar-refractivity contribution is 0.416. The number of nitrogens with two attached hydrogens (primary N) is 1. The summed E-state index contributed by atoms with van der Waals surface area (Å²) >= 11 is 11.8. The summed E-state index contributed by atoms with van der Waals surface area (Å²) < 4.78 is 5.31. The second-order valence-electron chi connectivity index (χ2n) is 3.69. The van der Waals surface area contributed by atoms with Crippen LogP contribution in [0.1, 0.15) is 17.4 Å². The van der Waals surface area contributed by atoms with Crippen molar-refractivity contribution in [3.63, 3.8) is 0 Å². The molecule has 1 aromatic carbocycles. The SMILES string of the molecule is NNC(Cc1ccc(Cl)c(Cl)c1)c1ccco1. The van der Waals surface area contributed by atoms with Crippen LogP contribution in [0.25, 0.3) is 0 Å². The van der Waals surface area contributed by atoms with Gasteiger partial charge >= 0.3 is 0 Å². The normalized spacial score (nSPS) is 12.6. The smallest absolute Gasteiger partial charge is 0.122 e. The molecule has 0 aliphatic carbocycles. The van der Waals surface area contributed by atoms with Crippen LogP contribution in [-0.2, 0) is 6.42 Å². The number of benzene rings is 1. The van der Waals surface area contributed by atoms with Gasteiger partial charge in [0, 0.05) is 0 Å². The van der Waals surface area contributed by atoms with Gasteiger partial charge in [0.1, 0.15) is 5.76 Å². The number of nitrogens with one attached hydrogen (secondary N) is 1. The molecule has 0 spiro atoms. The van der Waals surface area contributed by atoms with Gasteiger partial charge in [0.15, 0.2) is 0 Å². The molecule has 5 heteroatoms. The Hall–Kier alpha value is -1.00. The molecule has 0 aliphatic rings. The first kappa shape index (κ1) is 12.5. The minimum atomic E-state index is -0.0813. The van der Waals surface area contributed by atoms with E-state index < -0.39 is 0 Å². The molecule has 1 atom stereocenters. The fraction of sp³-hybridized carbons (Fsp3) is 0.167. The van der Waals surface area contributed by atoms with E-state index in [-0.39, 0.29) is 6.04 Å². The van der Waals surface area contributed by atoms with Gasteiger partial charge in [-0.05, 0) is 36.2 Å². The molecule has 3 nitrogen and oxygen atoms in total. The third-order valence-corrected chi connectivity index (χ3v) is 3.25. The lowest BCUT2D eigenvalue weighted by atomic mass is 10.0. The van der Waals surface area contributed by atoms with E-state index in [4.69, 9.17) is 33.5 Å². The third kappa shape index (κ3) is 3.01. The van der Waals surface area contributed by atoms with Crippen LogP contribution in [0.15, 0.2) is 41.0 Å². The zero-order valence-corrected chi connectivity index (χ0v) is 10.5. The highest BCUT2D eigenvalue weighted by atomic mass is 35.5. The van der Waals surface area contributed by atoms with Crippen LogP contribution in [0, 0.1) is 0 Å². The fourth-order valence-corrected chi connectivity index (χ4v) is 1.95. The average molecular weight is 271 g/mol. The Labute approximate surface area is 109 Å². The molecular weight excluding hydrogens is 259 g/mol. The summed E-state index contributed by atoms with van der Waals surface area (Å²) in [5, 5.41) is 1.09. The Kier molecular flexibility index (Phi) is 4.07. The maximum atomic E-state index is 5.96. The highest BCUT2D eigenvalue weighted by Gasteiger charge is 2.13. The van der Waals surface area contributed by atoms with Crippen molar-refractivity contribution in [2.45, 2.75) is 12.5 Å². The number of furan rings is 1. The second-order valence-corrected chi connectivity index (χ2v) is 4.50. The number of halogens is 2. The van der Waals surface area contributed by atoms with Gasteiger partial charge < -0.3 is 4.42 Å². The van der Waals surface area contributed by atoms with Gasteiger partial charge in [-0.3, -0.25) is 5.84 Å². The molecule has 0 amide bonds. The zero-order chi connectivity index (χ0) is 12.3. The predicted octanol–water partition coefficient (Wildman–Crippen LogP) is 3.33. The largest absolute Gasteiger partial charge is 0.468 e. The molecule has 0 radical (unpaired) electrons. The Morgan fingerprint density at radius 1 is 1.24 bits per heavy atom. The van der Waals surface area contributed by atoms with Crippen molar-refractivity contribution in [3.8, 4) is 0 Å². The van der Waals surface area contributed by atoms with E-state index >= 15 is 0 Å². The quantitative estimate of drug-likeness (QED) is 0.662. The highest BCUT2D eigenvalue weighted by molar-refractivity contribution is 6.42. The molecule has 0 bridgehead atoms. The molecule has 0 saturated carbocycles. The molecule has 1 aromatic heterocycles. The van der Waals surface area contributed by atoms with E-state index in [1.807, 2.05) is 24.3 Å². The number of rotatable bonds is 4. The van der Waals surface area contributed by atoms with Crippen molar-refractivity contribution >= 4 is 23.2 Å². The highest BCUT2D eigenvalue weighted by Crippen LogP contribution is 2.25. The Bertz CT molecular complexity index is 485. The Morgan fingerprint density at radius 3 is 2.65 bits per heavy atom. The Morgan fingerprint density at radius 2 is 2.06 bits per heavy atom. The number of hydrazine groups is 1. The first-order valence-corrected chi connectivity index (χ1v) is 5.89. The summed E-state index contributed by atoms with van der Waals surface area (Å²) in [7, 11) is 0. The minimum absolute atomic E-state index is 0.0813. The summed E-state index contributed by atoms with van der Waals surface area (Å²) in [6.45, 7) is 0. The topological polar surface area (TPSA) is 51.2 Å². The molecular formula is C12H12Cl2N2O. The molecule has 3 N–H and O–H groups in total. The fourth-order valence-electron chi connectivity index (χ4n) is 1.63. The molecule has 0 aliphatic heterocycles. The van der Waals surface area contributed by atoms with E-state index in [9.17, 15) is 0 Å². The maximum Gasteiger partial charge on any atom is 0.122 e. The van der Waals surface area contributed by atoms with Crippen molar-refractivity contribution in [1.82, 2.24) is 5.43 Å². The summed E-state index contributed by atoms with van der Waals surface area (Å²) in [5.41, 5.74) is 3.76. The van der Waals surface area contributed by atoms with Crippen LogP contribution < -0.4 is 11.3 Å². The van der Waals surface area contributed by atoms with E-state index in [1.165, 1.54) is 0 Å². The maximum absolute atomic E-state index is 5.96. The van der Waals surface area contributed by atoms with E-state index in [2.05, 4.69) is 5.43 Å². The van der Waals surface area contributed by atoms with Crippen molar-refractivity contribution < 1.29 is 4.42 Å².